The molecule has 0 aliphatic carbocycles. The fourth-order valence-electron chi connectivity index (χ4n) is 3.31. The molecule has 1 saturated heterocycles. The summed E-state index contributed by atoms with van der Waals surface area (Å²) in [5.74, 6) is 2.81. The van der Waals surface area contributed by atoms with E-state index in [1.807, 2.05) is 67.0 Å². The van der Waals surface area contributed by atoms with Crippen molar-refractivity contribution in [1.82, 2.24) is 25.2 Å². The summed E-state index contributed by atoms with van der Waals surface area (Å²) in [7, 11) is 0. The second-order valence-electron chi connectivity index (χ2n) is 6.68. The van der Waals surface area contributed by atoms with E-state index in [9.17, 15) is 0 Å². The molecule has 1 aliphatic heterocycles. The molecule has 0 saturated carbocycles. The van der Waals surface area contributed by atoms with Gasteiger partial charge in [-0.05, 0) is 64.5 Å². The van der Waals surface area contributed by atoms with Gasteiger partial charge in [0, 0.05) is 31.4 Å². The van der Waals surface area contributed by atoms with Crippen LogP contribution in [0.3, 0.4) is 0 Å². The summed E-state index contributed by atoms with van der Waals surface area (Å²) in [6.45, 7) is 1.78. The van der Waals surface area contributed by atoms with Gasteiger partial charge in [0.25, 0.3) is 0 Å². The van der Waals surface area contributed by atoms with Crippen LogP contribution >= 0.6 is 0 Å². The van der Waals surface area contributed by atoms with E-state index in [-0.39, 0.29) is 0 Å². The molecule has 1 aliphatic rings. The Morgan fingerprint density at radius 1 is 0.821 bits per heavy atom. The Morgan fingerprint density at radius 3 is 2.29 bits per heavy atom. The average Bonchev–Trinajstić information content (AvgIpc) is 3.18. The number of nitrogens with zero attached hydrogens (tertiary/aromatic N) is 6. The van der Waals surface area contributed by atoms with Crippen molar-refractivity contribution in [3.63, 3.8) is 0 Å². The lowest BCUT2D eigenvalue weighted by molar-refractivity contribution is 0.482. The van der Waals surface area contributed by atoms with Crippen LogP contribution < -0.4 is 9.64 Å². The van der Waals surface area contributed by atoms with Gasteiger partial charge >= 0.3 is 0 Å². The van der Waals surface area contributed by atoms with Gasteiger partial charge in [0.15, 0.2) is 0 Å². The number of anilines is 1. The summed E-state index contributed by atoms with van der Waals surface area (Å²) in [6, 6.07) is 21.6. The van der Waals surface area contributed by atoms with Crippen molar-refractivity contribution >= 4 is 5.95 Å². The molecular weight excluding hydrogens is 352 g/mol. The number of ether oxygens (including phenoxy) is 1. The van der Waals surface area contributed by atoms with Gasteiger partial charge in [0.1, 0.15) is 11.5 Å². The van der Waals surface area contributed by atoms with E-state index < -0.39 is 0 Å². The molecule has 0 spiro atoms. The van der Waals surface area contributed by atoms with Crippen molar-refractivity contribution in [3.05, 3.63) is 84.7 Å². The highest BCUT2D eigenvalue weighted by Crippen LogP contribution is 2.31. The zero-order valence-corrected chi connectivity index (χ0v) is 15.1. The molecule has 7 nitrogen and oxygen atoms in total. The summed E-state index contributed by atoms with van der Waals surface area (Å²) in [5, 5.41) is 12.3. The molecule has 0 bridgehead atoms. The number of hydrogen-bond donors (Lipinski definition) is 0. The van der Waals surface area contributed by atoms with Gasteiger partial charge < -0.3 is 9.64 Å². The van der Waals surface area contributed by atoms with Gasteiger partial charge in [0.05, 0.1) is 5.69 Å². The largest absolute Gasteiger partial charge is 0.457 e. The molecule has 0 unspecified atom stereocenters. The van der Waals surface area contributed by atoms with Crippen molar-refractivity contribution in [1.29, 1.82) is 0 Å². The third kappa shape index (κ3) is 3.18. The molecular formula is C21H18N6O. The number of pyridine rings is 1. The van der Waals surface area contributed by atoms with E-state index in [1.165, 1.54) is 5.56 Å². The average molecular weight is 370 g/mol. The molecule has 0 atom stereocenters. The number of hydrogen-bond acceptors (Lipinski definition) is 6. The van der Waals surface area contributed by atoms with Crippen LogP contribution in [0.2, 0.25) is 0 Å². The zero-order valence-electron chi connectivity index (χ0n) is 15.1. The molecule has 0 amide bonds. The number of benzene rings is 2. The minimum Gasteiger partial charge on any atom is -0.457 e. The SMILES string of the molecule is c1ccc(Oc2ccc(-n3nnnc3N3CC(c4ccncc4)C3)cc2)cc1. The maximum absolute atomic E-state index is 5.85. The van der Waals surface area contributed by atoms with Crippen LogP contribution in [0, 0.1) is 0 Å². The summed E-state index contributed by atoms with van der Waals surface area (Å²) in [4.78, 5) is 6.26. The predicted octanol–water partition coefficient (Wildman–Crippen LogP) is 3.45. The van der Waals surface area contributed by atoms with Crippen LogP contribution in [-0.2, 0) is 0 Å². The van der Waals surface area contributed by atoms with Crippen molar-refractivity contribution in [3.8, 4) is 17.2 Å². The lowest BCUT2D eigenvalue weighted by Crippen LogP contribution is -2.46. The molecule has 138 valence electrons. The highest BCUT2D eigenvalue weighted by molar-refractivity contribution is 5.46. The van der Waals surface area contributed by atoms with E-state index in [4.69, 9.17) is 4.74 Å². The first-order valence-corrected chi connectivity index (χ1v) is 9.13. The predicted molar refractivity (Wildman–Crippen MR) is 105 cm³/mol. The maximum Gasteiger partial charge on any atom is 0.250 e. The summed E-state index contributed by atoms with van der Waals surface area (Å²) in [6.07, 6.45) is 3.67. The monoisotopic (exact) mass is 370 g/mol. The van der Waals surface area contributed by atoms with Gasteiger partial charge in [-0.1, -0.05) is 23.3 Å². The number of rotatable bonds is 5. The Labute approximate surface area is 162 Å². The summed E-state index contributed by atoms with van der Waals surface area (Å²) in [5.41, 5.74) is 2.19. The Balaban J connectivity index is 1.30. The third-order valence-electron chi connectivity index (χ3n) is 4.86. The molecule has 3 heterocycles. The fraction of sp³-hybridized carbons (Fsp3) is 0.143. The number of para-hydroxylation sites is 1. The molecule has 4 aromatic rings. The minimum atomic E-state index is 0.481. The fourth-order valence-corrected chi connectivity index (χ4v) is 3.31. The minimum absolute atomic E-state index is 0.481. The third-order valence-corrected chi connectivity index (χ3v) is 4.86. The highest BCUT2D eigenvalue weighted by atomic mass is 16.5. The second-order valence-corrected chi connectivity index (χ2v) is 6.68. The lowest BCUT2D eigenvalue weighted by atomic mass is 9.93. The van der Waals surface area contributed by atoms with Gasteiger partial charge in [-0.2, -0.15) is 4.68 Å². The zero-order chi connectivity index (χ0) is 18.8. The molecule has 5 rings (SSSR count). The molecule has 1 fully saturated rings. The van der Waals surface area contributed by atoms with Gasteiger partial charge in [-0.3, -0.25) is 4.98 Å². The Morgan fingerprint density at radius 2 is 1.54 bits per heavy atom. The molecule has 0 N–H and O–H groups in total. The van der Waals surface area contributed by atoms with Crippen LogP contribution in [0.5, 0.6) is 11.5 Å². The van der Waals surface area contributed by atoms with Crippen LogP contribution in [0.15, 0.2) is 79.1 Å². The normalized spacial score (nSPS) is 13.9. The smallest absolute Gasteiger partial charge is 0.250 e. The topological polar surface area (TPSA) is 69.0 Å². The molecule has 28 heavy (non-hydrogen) atoms. The Kier molecular flexibility index (Phi) is 4.17. The molecule has 2 aromatic carbocycles. The van der Waals surface area contributed by atoms with Gasteiger partial charge in [-0.15, -0.1) is 0 Å². The molecule has 0 radical (unpaired) electrons. The molecule has 7 heteroatoms. The van der Waals surface area contributed by atoms with Crippen LogP contribution in [0.4, 0.5) is 5.95 Å². The quantitative estimate of drug-likeness (QED) is 0.536. The Hall–Kier alpha value is -3.74. The summed E-state index contributed by atoms with van der Waals surface area (Å²) < 4.78 is 7.61. The standard InChI is InChI=1S/C21H18N6O/c1-2-4-19(5-3-1)28-20-8-6-18(7-9-20)27-21(23-24-25-27)26-14-17(15-26)16-10-12-22-13-11-16/h1-13,17H,14-15H2. The van der Waals surface area contributed by atoms with Crippen molar-refractivity contribution in [2.75, 3.05) is 18.0 Å². The van der Waals surface area contributed by atoms with E-state index in [2.05, 4.69) is 37.5 Å². The van der Waals surface area contributed by atoms with E-state index in [1.54, 1.807) is 4.68 Å². The van der Waals surface area contributed by atoms with Crippen LogP contribution in [-0.4, -0.2) is 38.3 Å². The van der Waals surface area contributed by atoms with Gasteiger partial charge in [-0.25, -0.2) is 0 Å². The summed E-state index contributed by atoms with van der Waals surface area (Å²) >= 11 is 0. The van der Waals surface area contributed by atoms with Crippen LogP contribution in [0.25, 0.3) is 5.69 Å². The van der Waals surface area contributed by atoms with E-state index in [0.29, 0.717) is 5.92 Å². The second kappa shape index (κ2) is 7.11. The first kappa shape index (κ1) is 16.4. The highest BCUT2D eigenvalue weighted by Gasteiger charge is 2.31. The van der Waals surface area contributed by atoms with Crippen molar-refractivity contribution < 1.29 is 4.74 Å². The van der Waals surface area contributed by atoms with Crippen molar-refractivity contribution in [2.24, 2.45) is 0 Å². The van der Waals surface area contributed by atoms with Crippen LogP contribution in [0.1, 0.15) is 11.5 Å². The lowest BCUT2D eigenvalue weighted by Gasteiger charge is -2.39. The Bertz CT molecular complexity index is 1040. The first-order chi connectivity index (χ1) is 13.9. The van der Waals surface area contributed by atoms with Gasteiger partial charge in [0.2, 0.25) is 5.95 Å². The van der Waals surface area contributed by atoms with E-state index in [0.717, 1.165) is 36.2 Å². The first-order valence-electron chi connectivity index (χ1n) is 9.13. The van der Waals surface area contributed by atoms with Crippen molar-refractivity contribution in [2.45, 2.75) is 5.92 Å². The molecule has 2 aromatic heterocycles. The maximum atomic E-state index is 5.85. The number of aromatic nitrogens is 5. The number of tetrazole rings is 1. The van der Waals surface area contributed by atoms with E-state index >= 15 is 0 Å².